The molecule has 14 heavy (non-hydrogen) atoms. The van der Waals surface area contributed by atoms with Gasteiger partial charge in [0.25, 0.3) is 0 Å². The van der Waals surface area contributed by atoms with Gasteiger partial charge in [0.05, 0.1) is 6.42 Å². The van der Waals surface area contributed by atoms with Crippen LogP contribution in [0.2, 0.25) is 0 Å². The first kappa shape index (κ1) is 10.5. The second-order valence-electron chi connectivity index (χ2n) is 3.27. The smallest absolute Gasteiger partial charge is 0.303 e. The highest BCUT2D eigenvalue weighted by atomic mass is 16.5. The maximum atomic E-state index is 11.4. The van der Waals surface area contributed by atoms with E-state index in [4.69, 9.17) is 11.2 Å². The first-order valence-corrected chi connectivity index (χ1v) is 4.39. The van der Waals surface area contributed by atoms with Crippen molar-refractivity contribution in [1.82, 2.24) is 0 Å². The van der Waals surface area contributed by atoms with Crippen LogP contribution in [-0.4, -0.2) is 17.9 Å². The lowest BCUT2D eigenvalue weighted by molar-refractivity contribution is -0.144. The van der Waals surface area contributed by atoms with Gasteiger partial charge in [0.2, 0.25) is 0 Å². The van der Waals surface area contributed by atoms with Gasteiger partial charge in [-0.15, -0.1) is 12.3 Å². The van der Waals surface area contributed by atoms with Gasteiger partial charge in [0, 0.05) is 18.9 Å². The fourth-order valence-corrected chi connectivity index (χ4v) is 1.53. The average Bonchev–Trinajstić information content (AvgIpc) is 2.32. The van der Waals surface area contributed by atoms with Crippen LogP contribution in [0.25, 0.3) is 0 Å². The van der Waals surface area contributed by atoms with Crippen LogP contribution in [0.5, 0.6) is 0 Å². The highest BCUT2D eigenvalue weighted by Gasteiger charge is 2.30. The molecule has 3 nitrogen and oxygen atoms in total. The third-order valence-electron chi connectivity index (χ3n) is 2.25. The molecule has 1 rings (SSSR count). The van der Waals surface area contributed by atoms with Gasteiger partial charge in [0.15, 0.2) is 5.78 Å². The Bertz CT molecular complexity index is 344. The van der Waals surface area contributed by atoms with Crippen LogP contribution >= 0.6 is 0 Å². The summed E-state index contributed by atoms with van der Waals surface area (Å²) in [5.41, 5.74) is 1.42. The van der Waals surface area contributed by atoms with E-state index in [1.54, 1.807) is 6.92 Å². The molecule has 1 aliphatic carbocycles. The highest BCUT2D eigenvalue weighted by molar-refractivity contribution is 6.00. The van der Waals surface area contributed by atoms with Gasteiger partial charge in [0.1, 0.15) is 6.10 Å². The number of ether oxygens (including phenoxy) is 1. The van der Waals surface area contributed by atoms with E-state index >= 15 is 0 Å². The lowest BCUT2D eigenvalue weighted by Gasteiger charge is -2.10. The first-order chi connectivity index (χ1) is 6.56. The molecule has 0 saturated carbocycles. The molecule has 0 radical (unpaired) electrons. The van der Waals surface area contributed by atoms with Crippen molar-refractivity contribution in [3.05, 3.63) is 11.1 Å². The zero-order chi connectivity index (χ0) is 10.7. The minimum Gasteiger partial charge on any atom is -0.458 e. The number of hydrogen-bond acceptors (Lipinski definition) is 3. The summed E-state index contributed by atoms with van der Waals surface area (Å²) in [6.07, 6.45) is 5.30. The molecule has 0 amide bonds. The zero-order valence-corrected chi connectivity index (χ0v) is 8.29. The molecule has 74 valence electrons. The van der Waals surface area contributed by atoms with Crippen LogP contribution in [0.4, 0.5) is 0 Å². The van der Waals surface area contributed by atoms with Crippen molar-refractivity contribution in [2.24, 2.45) is 0 Å². The van der Waals surface area contributed by atoms with Crippen molar-refractivity contribution < 1.29 is 14.3 Å². The Hall–Kier alpha value is -1.56. The second-order valence-corrected chi connectivity index (χ2v) is 3.27. The molecule has 1 atom stereocenters. The Morgan fingerprint density at radius 2 is 2.36 bits per heavy atom. The van der Waals surface area contributed by atoms with Crippen molar-refractivity contribution in [1.29, 1.82) is 0 Å². The van der Waals surface area contributed by atoms with Crippen LogP contribution < -0.4 is 0 Å². The molecule has 1 aliphatic rings. The summed E-state index contributed by atoms with van der Waals surface area (Å²) in [5.74, 6) is 2.05. The lowest BCUT2D eigenvalue weighted by Crippen LogP contribution is -2.15. The summed E-state index contributed by atoms with van der Waals surface area (Å²) >= 11 is 0. The molecule has 0 heterocycles. The van der Waals surface area contributed by atoms with E-state index in [2.05, 4.69) is 5.92 Å². The normalized spacial score (nSPS) is 20.9. The molecule has 0 saturated heterocycles. The van der Waals surface area contributed by atoms with E-state index in [0.29, 0.717) is 12.0 Å². The SMILES string of the molecule is C#CCC1=C(C)[C@H](OC(C)=O)CC1=O. The fraction of sp³-hybridized carbons (Fsp3) is 0.455. The van der Waals surface area contributed by atoms with E-state index < -0.39 is 6.10 Å². The highest BCUT2D eigenvalue weighted by Crippen LogP contribution is 2.27. The van der Waals surface area contributed by atoms with E-state index in [-0.39, 0.29) is 18.2 Å². The van der Waals surface area contributed by atoms with Crippen LogP contribution in [0.15, 0.2) is 11.1 Å². The van der Waals surface area contributed by atoms with Crippen LogP contribution in [0.3, 0.4) is 0 Å². The van der Waals surface area contributed by atoms with Crippen LogP contribution in [0.1, 0.15) is 26.7 Å². The topological polar surface area (TPSA) is 43.4 Å². The summed E-state index contributed by atoms with van der Waals surface area (Å²) < 4.78 is 4.98. The van der Waals surface area contributed by atoms with Crippen molar-refractivity contribution in [2.75, 3.05) is 0 Å². The second kappa shape index (κ2) is 4.10. The third-order valence-corrected chi connectivity index (χ3v) is 2.25. The first-order valence-electron chi connectivity index (χ1n) is 4.39. The Morgan fingerprint density at radius 1 is 1.71 bits per heavy atom. The summed E-state index contributed by atoms with van der Waals surface area (Å²) in [7, 11) is 0. The van der Waals surface area contributed by atoms with Crippen molar-refractivity contribution >= 4 is 11.8 Å². The molecule has 0 bridgehead atoms. The number of hydrogen-bond donors (Lipinski definition) is 0. The molecule has 0 N–H and O–H groups in total. The van der Waals surface area contributed by atoms with Crippen molar-refractivity contribution in [3.8, 4) is 12.3 Å². The number of carbonyl (C=O) groups excluding carboxylic acids is 2. The predicted octanol–water partition coefficient (Wildman–Crippen LogP) is 1.23. The number of esters is 1. The number of rotatable bonds is 2. The quantitative estimate of drug-likeness (QED) is 0.488. The Balaban J connectivity index is 2.82. The number of Topliss-reactive ketones (excluding diaryl/α,β-unsaturated/α-hetero) is 1. The largest absolute Gasteiger partial charge is 0.458 e. The van der Waals surface area contributed by atoms with Gasteiger partial charge < -0.3 is 4.74 Å². The van der Waals surface area contributed by atoms with Crippen molar-refractivity contribution in [3.63, 3.8) is 0 Å². The molecule has 0 unspecified atom stereocenters. The maximum Gasteiger partial charge on any atom is 0.303 e. The standard InChI is InChI=1S/C11H12O3/c1-4-5-9-7(2)11(6-10(9)13)14-8(3)12/h1,11H,5-6H2,2-3H3/t11-/m1/s1. The average molecular weight is 192 g/mol. The Morgan fingerprint density at radius 3 is 2.86 bits per heavy atom. The number of allylic oxidation sites excluding steroid dienone is 1. The van der Waals surface area contributed by atoms with Crippen LogP contribution in [0, 0.1) is 12.3 Å². The minimum atomic E-state index is -0.400. The number of terminal acetylenes is 1. The summed E-state index contributed by atoms with van der Waals surface area (Å²) in [5, 5.41) is 0. The minimum absolute atomic E-state index is 0.00769. The summed E-state index contributed by atoms with van der Waals surface area (Å²) in [4.78, 5) is 22.1. The number of ketones is 1. The van der Waals surface area contributed by atoms with Gasteiger partial charge in [-0.2, -0.15) is 0 Å². The molecular weight excluding hydrogens is 180 g/mol. The van der Waals surface area contributed by atoms with Gasteiger partial charge in [-0.05, 0) is 12.5 Å². The number of carbonyl (C=O) groups is 2. The van der Waals surface area contributed by atoms with E-state index in [1.807, 2.05) is 0 Å². The molecular formula is C11H12O3. The maximum absolute atomic E-state index is 11.4. The zero-order valence-electron chi connectivity index (χ0n) is 8.29. The van der Waals surface area contributed by atoms with E-state index in [9.17, 15) is 9.59 Å². The van der Waals surface area contributed by atoms with Gasteiger partial charge in [-0.3, -0.25) is 9.59 Å². The predicted molar refractivity (Wildman–Crippen MR) is 51.3 cm³/mol. The molecule has 0 aromatic heterocycles. The van der Waals surface area contributed by atoms with E-state index in [1.165, 1.54) is 6.92 Å². The fourth-order valence-electron chi connectivity index (χ4n) is 1.53. The summed E-state index contributed by atoms with van der Waals surface area (Å²) in [6.45, 7) is 3.11. The third kappa shape index (κ3) is 2.02. The molecule has 3 heteroatoms. The van der Waals surface area contributed by atoms with Gasteiger partial charge in [-0.1, -0.05) is 0 Å². The van der Waals surface area contributed by atoms with Crippen molar-refractivity contribution in [2.45, 2.75) is 32.8 Å². The van der Waals surface area contributed by atoms with Gasteiger partial charge >= 0.3 is 5.97 Å². The van der Waals surface area contributed by atoms with E-state index in [0.717, 1.165) is 5.57 Å². The Kier molecular flexibility index (Phi) is 3.08. The monoisotopic (exact) mass is 192 g/mol. The molecule has 0 aliphatic heterocycles. The molecule has 0 spiro atoms. The molecule has 0 aromatic carbocycles. The summed E-state index contributed by atoms with van der Waals surface area (Å²) in [6, 6.07) is 0. The van der Waals surface area contributed by atoms with Crippen LogP contribution in [-0.2, 0) is 14.3 Å². The molecule has 0 fully saturated rings. The molecule has 0 aromatic rings. The Labute approximate surface area is 83.1 Å². The lowest BCUT2D eigenvalue weighted by atomic mass is 10.1. The van der Waals surface area contributed by atoms with Gasteiger partial charge in [-0.25, -0.2) is 0 Å².